The van der Waals surface area contributed by atoms with E-state index in [0.717, 1.165) is 45.7 Å². The van der Waals surface area contributed by atoms with Crippen LogP contribution >= 0.6 is 0 Å². The molecule has 1 amide bonds. The van der Waals surface area contributed by atoms with E-state index >= 15 is 0 Å². The van der Waals surface area contributed by atoms with E-state index in [1.165, 1.54) is 6.42 Å². The van der Waals surface area contributed by atoms with Gasteiger partial charge < -0.3 is 14.5 Å². The van der Waals surface area contributed by atoms with Crippen LogP contribution in [0.2, 0.25) is 0 Å². The summed E-state index contributed by atoms with van der Waals surface area (Å²) in [6.45, 7) is 11.9. The molecule has 20 heavy (non-hydrogen) atoms. The smallest absolute Gasteiger partial charge is 0.410 e. The van der Waals surface area contributed by atoms with Crippen molar-refractivity contribution in [2.45, 2.75) is 45.3 Å². The molecule has 5 heteroatoms. The van der Waals surface area contributed by atoms with Crippen molar-refractivity contribution in [1.82, 2.24) is 14.7 Å². The van der Waals surface area contributed by atoms with Gasteiger partial charge in [-0.05, 0) is 40.7 Å². The van der Waals surface area contributed by atoms with Crippen LogP contribution in [0, 0.1) is 0 Å². The molecule has 0 spiro atoms. The summed E-state index contributed by atoms with van der Waals surface area (Å²) in [7, 11) is 2.17. The zero-order valence-electron chi connectivity index (χ0n) is 13.4. The number of amides is 1. The molecule has 2 aliphatic heterocycles. The number of carbonyl (C=O) groups is 1. The largest absolute Gasteiger partial charge is 0.444 e. The van der Waals surface area contributed by atoms with Crippen molar-refractivity contribution < 1.29 is 9.53 Å². The predicted octanol–water partition coefficient (Wildman–Crippen LogP) is 1.63. The summed E-state index contributed by atoms with van der Waals surface area (Å²) >= 11 is 0. The van der Waals surface area contributed by atoms with Crippen molar-refractivity contribution in [3.63, 3.8) is 0 Å². The van der Waals surface area contributed by atoms with E-state index in [0.29, 0.717) is 6.04 Å². The van der Waals surface area contributed by atoms with Gasteiger partial charge in [0.05, 0.1) is 0 Å². The molecule has 0 bridgehead atoms. The number of carbonyl (C=O) groups excluding carboxylic acids is 1. The van der Waals surface area contributed by atoms with E-state index in [4.69, 9.17) is 4.74 Å². The standard InChI is InChI=1S/C15H29N3O2/c1-15(2,3)20-14(19)18-7-5-6-13(12-18)17-10-8-16(4)9-11-17/h13H,5-12H2,1-4H3. The lowest BCUT2D eigenvalue weighted by Crippen LogP contribution is -2.55. The topological polar surface area (TPSA) is 36.0 Å². The Labute approximate surface area is 122 Å². The number of hydrogen-bond acceptors (Lipinski definition) is 4. The first-order valence-electron chi connectivity index (χ1n) is 7.76. The predicted molar refractivity (Wildman–Crippen MR) is 79.9 cm³/mol. The van der Waals surface area contributed by atoms with Gasteiger partial charge in [0.25, 0.3) is 0 Å². The molecule has 2 rings (SSSR count). The third-order valence-electron chi connectivity index (χ3n) is 4.10. The van der Waals surface area contributed by atoms with Crippen LogP contribution in [-0.4, -0.2) is 78.8 Å². The fourth-order valence-corrected chi connectivity index (χ4v) is 2.93. The summed E-state index contributed by atoms with van der Waals surface area (Å²) < 4.78 is 5.49. The van der Waals surface area contributed by atoms with Gasteiger partial charge in [-0.2, -0.15) is 0 Å². The number of ether oxygens (including phenoxy) is 1. The lowest BCUT2D eigenvalue weighted by atomic mass is 10.0. The van der Waals surface area contributed by atoms with Gasteiger partial charge >= 0.3 is 6.09 Å². The van der Waals surface area contributed by atoms with Gasteiger partial charge in [-0.3, -0.25) is 4.90 Å². The molecular weight excluding hydrogens is 254 g/mol. The number of likely N-dealkylation sites (N-methyl/N-ethyl adjacent to an activating group) is 1. The summed E-state index contributed by atoms with van der Waals surface area (Å²) in [5.74, 6) is 0. The Morgan fingerprint density at radius 1 is 1.10 bits per heavy atom. The first-order chi connectivity index (χ1) is 9.35. The van der Waals surface area contributed by atoms with Gasteiger partial charge in [-0.25, -0.2) is 4.79 Å². The third-order valence-corrected chi connectivity index (χ3v) is 4.10. The molecule has 0 N–H and O–H groups in total. The van der Waals surface area contributed by atoms with Crippen LogP contribution in [0.25, 0.3) is 0 Å². The first-order valence-corrected chi connectivity index (χ1v) is 7.76. The quantitative estimate of drug-likeness (QED) is 0.733. The van der Waals surface area contributed by atoms with Crippen molar-refractivity contribution in [2.24, 2.45) is 0 Å². The Morgan fingerprint density at radius 3 is 2.35 bits per heavy atom. The van der Waals surface area contributed by atoms with Crippen LogP contribution in [0.4, 0.5) is 4.79 Å². The maximum absolute atomic E-state index is 12.2. The van der Waals surface area contributed by atoms with Crippen LogP contribution in [-0.2, 0) is 4.74 Å². The molecule has 0 aromatic carbocycles. The average molecular weight is 283 g/mol. The normalized spacial score (nSPS) is 26.6. The van der Waals surface area contributed by atoms with Crippen LogP contribution in [0.5, 0.6) is 0 Å². The molecule has 2 saturated heterocycles. The van der Waals surface area contributed by atoms with Crippen molar-refractivity contribution in [2.75, 3.05) is 46.3 Å². The number of hydrogen-bond donors (Lipinski definition) is 0. The zero-order valence-corrected chi connectivity index (χ0v) is 13.4. The van der Waals surface area contributed by atoms with Gasteiger partial charge in [0.2, 0.25) is 0 Å². The number of piperazine rings is 1. The number of rotatable bonds is 1. The average Bonchev–Trinajstić information content (AvgIpc) is 2.38. The molecule has 2 aliphatic rings. The second-order valence-corrected chi connectivity index (χ2v) is 7.06. The molecule has 2 fully saturated rings. The van der Waals surface area contributed by atoms with Crippen molar-refractivity contribution in [3.8, 4) is 0 Å². The highest BCUT2D eigenvalue weighted by Gasteiger charge is 2.31. The van der Waals surface area contributed by atoms with Crippen molar-refractivity contribution in [1.29, 1.82) is 0 Å². The molecule has 0 aromatic rings. The minimum atomic E-state index is -0.405. The molecule has 5 nitrogen and oxygen atoms in total. The summed E-state index contributed by atoms with van der Waals surface area (Å²) in [6, 6.07) is 0.505. The van der Waals surface area contributed by atoms with Gasteiger partial charge in [0.15, 0.2) is 0 Å². The monoisotopic (exact) mass is 283 g/mol. The molecule has 1 unspecified atom stereocenters. The molecule has 1 atom stereocenters. The maximum atomic E-state index is 12.2. The Bertz CT molecular complexity index is 333. The van der Waals surface area contributed by atoms with Crippen LogP contribution in [0.1, 0.15) is 33.6 Å². The van der Waals surface area contributed by atoms with E-state index in [9.17, 15) is 4.79 Å². The molecule has 0 aromatic heterocycles. The minimum absolute atomic E-state index is 0.156. The van der Waals surface area contributed by atoms with E-state index < -0.39 is 5.60 Å². The van der Waals surface area contributed by atoms with E-state index in [2.05, 4.69) is 16.8 Å². The highest BCUT2D eigenvalue weighted by molar-refractivity contribution is 5.68. The Hall–Kier alpha value is -0.810. The summed E-state index contributed by atoms with van der Waals surface area (Å²) in [5, 5.41) is 0. The lowest BCUT2D eigenvalue weighted by Gasteiger charge is -2.42. The third kappa shape index (κ3) is 4.35. The Kier molecular flexibility index (Phi) is 4.91. The van der Waals surface area contributed by atoms with Crippen molar-refractivity contribution in [3.05, 3.63) is 0 Å². The van der Waals surface area contributed by atoms with E-state index in [-0.39, 0.29) is 6.09 Å². The molecule has 0 aliphatic carbocycles. The first kappa shape index (κ1) is 15.6. The maximum Gasteiger partial charge on any atom is 0.410 e. The molecular formula is C15H29N3O2. The second kappa shape index (κ2) is 6.31. The summed E-state index contributed by atoms with van der Waals surface area (Å²) in [6.07, 6.45) is 2.12. The van der Waals surface area contributed by atoms with Gasteiger partial charge in [0.1, 0.15) is 5.60 Å². The fourth-order valence-electron chi connectivity index (χ4n) is 2.93. The fraction of sp³-hybridized carbons (Fsp3) is 0.933. The SMILES string of the molecule is CN1CCN(C2CCCN(C(=O)OC(C)(C)C)C2)CC1. The molecule has 116 valence electrons. The zero-order chi connectivity index (χ0) is 14.8. The Morgan fingerprint density at radius 2 is 1.75 bits per heavy atom. The van der Waals surface area contributed by atoms with E-state index in [1.54, 1.807) is 0 Å². The van der Waals surface area contributed by atoms with Crippen LogP contribution in [0.15, 0.2) is 0 Å². The highest BCUT2D eigenvalue weighted by atomic mass is 16.6. The number of piperidine rings is 1. The lowest BCUT2D eigenvalue weighted by molar-refractivity contribution is 0.00605. The Balaban J connectivity index is 1.86. The number of nitrogens with zero attached hydrogens (tertiary/aromatic N) is 3. The van der Waals surface area contributed by atoms with Crippen molar-refractivity contribution >= 4 is 6.09 Å². The molecule has 0 radical (unpaired) electrons. The van der Waals surface area contributed by atoms with Gasteiger partial charge in [-0.15, -0.1) is 0 Å². The van der Waals surface area contributed by atoms with Gasteiger partial charge in [-0.1, -0.05) is 0 Å². The molecule has 2 heterocycles. The van der Waals surface area contributed by atoms with E-state index in [1.807, 2.05) is 25.7 Å². The van der Waals surface area contributed by atoms with Gasteiger partial charge in [0, 0.05) is 45.3 Å². The summed E-state index contributed by atoms with van der Waals surface area (Å²) in [5.41, 5.74) is -0.405. The minimum Gasteiger partial charge on any atom is -0.444 e. The summed E-state index contributed by atoms with van der Waals surface area (Å²) in [4.78, 5) is 19.0. The van der Waals surface area contributed by atoms with Crippen LogP contribution < -0.4 is 0 Å². The second-order valence-electron chi connectivity index (χ2n) is 7.06. The van der Waals surface area contributed by atoms with Crippen LogP contribution in [0.3, 0.4) is 0 Å². The number of likely N-dealkylation sites (tertiary alicyclic amines) is 1. The molecule has 0 saturated carbocycles. The highest BCUT2D eigenvalue weighted by Crippen LogP contribution is 2.19.